The van der Waals surface area contributed by atoms with E-state index in [1.807, 2.05) is 0 Å². The molecule has 5 heteroatoms. The quantitative estimate of drug-likeness (QED) is 0.878. The highest BCUT2D eigenvalue weighted by Gasteiger charge is 2.27. The molecule has 0 atom stereocenters. The summed E-state index contributed by atoms with van der Waals surface area (Å²) in [5.74, 6) is -0.491. The Kier molecular flexibility index (Phi) is 5.04. The number of carbonyl (C=O) groups excluding carboxylic acids is 1. The van der Waals surface area contributed by atoms with Crippen LogP contribution in [0.15, 0.2) is 22.7 Å². The first-order valence-corrected chi connectivity index (χ1v) is 8.07. The van der Waals surface area contributed by atoms with Crippen molar-refractivity contribution in [2.75, 3.05) is 13.1 Å². The number of nitrogens with zero attached hydrogens (tertiary/aromatic N) is 1. The lowest BCUT2D eigenvalue weighted by Gasteiger charge is -2.41. The molecule has 0 saturated carbocycles. The van der Waals surface area contributed by atoms with Crippen molar-refractivity contribution in [1.82, 2.24) is 10.2 Å². The maximum absolute atomic E-state index is 13.2. The summed E-state index contributed by atoms with van der Waals surface area (Å²) >= 11 is 3.11. The molecule has 21 heavy (non-hydrogen) atoms. The van der Waals surface area contributed by atoms with Crippen LogP contribution >= 0.6 is 15.9 Å². The molecule has 0 bridgehead atoms. The average Bonchev–Trinajstić information content (AvgIpc) is 2.41. The lowest BCUT2D eigenvalue weighted by atomic mass is 9.98. The van der Waals surface area contributed by atoms with Crippen molar-refractivity contribution in [3.8, 4) is 0 Å². The Morgan fingerprint density at radius 1 is 1.33 bits per heavy atom. The number of hydrogen-bond acceptors (Lipinski definition) is 2. The van der Waals surface area contributed by atoms with Crippen molar-refractivity contribution >= 4 is 21.8 Å². The highest BCUT2D eigenvalue weighted by molar-refractivity contribution is 9.10. The van der Waals surface area contributed by atoms with E-state index < -0.39 is 0 Å². The van der Waals surface area contributed by atoms with Crippen LogP contribution in [0.5, 0.6) is 0 Å². The monoisotopic (exact) mass is 356 g/mol. The fourth-order valence-electron chi connectivity index (χ4n) is 2.60. The summed E-state index contributed by atoms with van der Waals surface area (Å²) in [4.78, 5) is 14.6. The number of carbonyl (C=O) groups is 1. The van der Waals surface area contributed by atoms with Crippen molar-refractivity contribution in [2.24, 2.45) is 0 Å². The maximum Gasteiger partial charge on any atom is 0.251 e. The fraction of sp³-hybridized carbons (Fsp3) is 0.562. The number of benzene rings is 1. The molecule has 1 aliphatic heterocycles. The van der Waals surface area contributed by atoms with Crippen LogP contribution in [0.3, 0.4) is 0 Å². The van der Waals surface area contributed by atoms with Crippen LogP contribution in [0.2, 0.25) is 0 Å². The Morgan fingerprint density at radius 2 is 1.95 bits per heavy atom. The Hall–Kier alpha value is -0.940. The predicted octanol–water partition coefficient (Wildman–Crippen LogP) is 3.58. The summed E-state index contributed by atoms with van der Waals surface area (Å²) < 4.78 is 13.5. The molecule has 1 N–H and O–H groups in total. The van der Waals surface area contributed by atoms with Crippen molar-refractivity contribution in [3.05, 3.63) is 34.1 Å². The summed E-state index contributed by atoms with van der Waals surface area (Å²) in [6.07, 6.45) is 1.90. The van der Waals surface area contributed by atoms with Crippen LogP contribution in [0, 0.1) is 5.82 Å². The number of amides is 1. The normalized spacial score (nSPS) is 17.8. The van der Waals surface area contributed by atoms with Crippen molar-refractivity contribution < 1.29 is 9.18 Å². The fourth-order valence-corrected chi connectivity index (χ4v) is 2.98. The van der Waals surface area contributed by atoms with Crippen LogP contribution in [0.1, 0.15) is 44.0 Å². The molecule has 0 spiro atoms. The molecule has 3 nitrogen and oxygen atoms in total. The molecule has 2 rings (SSSR count). The van der Waals surface area contributed by atoms with Gasteiger partial charge in [0.05, 0.1) is 4.47 Å². The van der Waals surface area contributed by atoms with Gasteiger partial charge in [-0.3, -0.25) is 9.69 Å². The number of rotatable bonds is 2. The first-order chi connectivity index (χ1) is 9.77. The van der Waals surface area contributed by atoms with Gasteiger partial charge in [0.25, 0.3) is 5.91 Å². The number of piperidine rings is 1. The molecule has 116 valence electrons. The molecule has 0 aromatic heterocycles. The van der Waals surface area contributed by atoms with Crippen molar-refractivity contribution in [3.63, 3.8) is 0 Å². The van der Waals surface area contributed by atoms with Crippen molar-refractivity contribution in [1.29, 1.82) is 0 Å². The van der Waals surface area contributed by atoms with E-state index in [-0.39, 0.29) is 23.3 Å². The number of hydrogen-bond donors (Lipinski definition) is 1. The predicted molar refractivity (Wildman–Crippen MR) is 85.9 cm³/mol. The summed E-state index contributed by atoms with van der Waals surface area (Å²) in [7, 11) is 0. The Bertz CT molecular complexity index is 519. The highest BCUT2D eigenvalue weighted by Crippen LogP contribution is 2.21. The molecule has 0 aliphatic carbocycles. The van der Waals surface area contributed by atoms with Gasteiger partial charge in [-0.25, -0.2) is 4.39 Å². The number of nitrogens with one attached hydrogen (secondary N) is 1. The molecule has 1 aromatic rings. The van der Waals surface area contributed by atoms with Gasteiger partial charge in [-0.15, -0.1) is 0 Å². The van der Waals surface area contributed by atoms with Gasteiger partial charge < -0.3 is 5.32 Å². The third kappa shape index (κ3) is 4.27. The molecule has 1 aromatic carbocycles. The topological polar surface area (TPSA) is 32.3 Å². The molecule has 1 amide bonds. The lowest BCUT2D eigenvalue weighted by Crippen LogP contribution is -2.50. The minimum Gasteiger partial charge on any atom is -0.349 e. The van der Waals surface area contributed by atoms with E-state index in [1.165, 1.54) is 18.2 Å². The van der Waals surface area contributed by atoms with E-state index in [4.69, 9.17) is 0 Å². The van der Waals surface area contributed by atoms with E-state index in [1.54, 1.807) is 0 Å². The molecule has 0 unspecified atom stereocenters. The Balaban J connectivity index is 1.91. The zero-order valence-electron chi connectivity index (χ0n) is 12.7. The second-order valence-corrected chi connectivity index (χ2v) is 7.39. The first-order valence-electron chi connectivity index (χ1n) is 7.28. The van der Waals surface area contributed by atoms with Gasteiger partial charge in [0, 0.05) is 30.2 Å². The second kappa shape index (κ2) is 6.44. The van der Waals surface area contributed by atoms with Gasteiger partial charge in [0.1, 0.15) is 5.82 Å². The third-order valence-corrected chi connectivity index (χ3v) is 4.57. The zero-order chi connectivity index (χ0) is 15.6. The van der Waals surface area contributed by atoms with Gasteiger partial charge in [-0.1, -0.05) is 0 Å². The minimum atomic E-state index is -0.356. The van der Waals surface area contributed by atoms with Gasteiger partial charge >= 0.3 is 0 Å². The van der Waals surface area contributed by atoms with Crippen molar-refractivity contribution in [2.45, 2.75) is 45.2 Å². The molecular weight excluding hydrogens is 335 g/mol. The standard InChI is InChI=1S/C16H22BrFN2O/c1-16(2,3)20-8-6-12(7-9-20)19-15(21)11-4-5-14(18)13(17)10-11/h4-5,10,12H,6-9H2,1-3H3,(H,19,21). The molecule has 1 fully saturated rings. The van der Waals surface area contributed by atoms with E-state index in [2.05, 4.69) is 46.9 Å². The molecule has 1 saturated heterocycles. The first kappa shape index (κ1) is 16.4. The molecule has 1 heterocycles. The highest BCUT2D eigenvalue weighted by atomic mass is 79.9. The maximum atomic E-state index is 13.2. The Labute approximate surface area is 134 Å². The van der Waals surface area contributed by atoms with E-state index >= 15 is 0 Å². The zero-order valence-corrected chi connectivity index (χ0v) is 14.3. The summed E-state index contributed by atoms with van der Waals surface area (Å²) in [6, 6.07) is 4.54. The second-order valence-electron chi connectivity index (χ2n) is 6.53. The summed E-state index contributed by atoms with van der Waals surface area (Å²) in [6.45, 7) is 8.61. The summed E-state index contributed by atoms with van der Waals surface area (Å²) in [5.41, 5.74) is 0.665. The number of halogens is 2. The molecule has 1 aliphatic rings. The van der Waals surface area contributed by atoms with E-state index in [0.717, 1.165) is 25.9 Å². The lowest BCUT2D eigenvalue weighted by molar-refractivity contribution is 0.0812. The Morgan fingerprint density at radius 3 is 2.48 bits per heavy atom. The third-order valence-electron chi connectivity index (χ3n) is 3.96. The van der Waals surface area contributed by atoms with Crippen LogP contribution in [-0.4, -0.2) is 35.5 Å². The van der Waals surface area contributed by atoms with Gasteiger partial charge in [0.15, 0.2) is 0 Å². The molecular formula is C16H22BrFN2O. The van der Waals surface area contributed by atoms with Crippen LogP contribution in [-0.2, 0) is 0 Å². The van der Waals surface area contributed by atoms with E-state index in [9.17, 15) is 9.18 Å². The number of likely N-dealkylation sites (tertiary alicyclic amines) is 1. The van der Waals surface area contributed by atoms with Gasteiger partial charge in [-0.2, -0.15) is 0 Å². The van der Waals surface area contributed by atoms with Crippen LogP contribution < -0.4 is 5.32 Å². The SMILES string of the molecule is CC(C)(C)N1CCC(NC(=O)c2ccc(F)c(Br)c2)CC1. The summed E-state index contributed by atoms with van der Waals surface area (Å²) in [5, 5.41) is 3.04. The molecule has 0 radical (unpaired) electrons. The largest absolute Gasteiger partial charge is 0.349 e. The average molecular weight is 357 g/mol. The van der Waals surface area contributed by atoms with Crippen LogP contribution in [0.4, 0.5) is 4.39 Å². The smallest absolute Gasteiger partial charge is 0.251 e. The van der Waals surface area contributed by atoms with Gasteiger partial charge in [0.2, 0.25) is 0 Å². The van der Waals surface area contributed by atoms with Crippen LogP contribution in [0.25, 0.3) is 0 Å². The van der Waals surface area contributed by atoms with Gasteiger partial charge in [-0.05, 0) is 67.7 Å². The minimum absolute atomic E-state index is 0.134. The van der Waals surface area contributed by atoms with E-state index in [0.29, 0.717) is 10.0 Å².